The first-order chi connectivity index (χ1) is 8.92. The second-order valence-corrected chi connectivity index (χ2v) is 5.19. The summed E-state index contributed by atoms with van der Waals surface area (Å²) in [5, 5.41) is 10.9. The molecular weight excluding hydrogens is 270 g/mol. The minimum atomic E-state index is -1.11. The summed E-state index contributed by atoms with van der Waals surface area (Å²) in [7, 11) is 0. The summed E-state index contributed by atoms with van der Waals surface area (Å²) in [5.74, 6) is -1.71. The lowest BCUT2D eigenvalue weighted by molar-refractivity contribution is -0.143. The van der Waals surface area contributed by atoms with E-state index in [9.17, 15) is 14.4 Å². The monoisotopic (exact) mass is 291 g/mol. The van der Waals surface area contributed by atoms with Crippen LogP contribution < -0.4 is 5.32 Å². The maximum Gasteiger partial charge on any atom is 0.327 e. The normalized spacial score (nSPS) is 13.4. The van der Waals surface area contributed by atoms with Gasteiger partial charge in [0.15, 0.2) is 0 Å². The number of hydrogen-bond donors (Lipinski definition) is 2. The maximum absolute atomic E-state index is 11.7. The molecule has 0 spiro atoms. The zero-order valence-corrected chi connectivity index (χ0v) is 12.3. The molecule has 0 aliphatic heterocycles. The van der Waals surface area contributed by atoms with Gasteiger partial charge in [0.2, 0.25) is 5.91 Å². The molecule has 2 atom stereocenters. The average molecular weight is 291 g/mol. The van der Waals surface area contributed by atoms with Crippen LogP contribution in [0.25, 0.3) is 0 Å². The summed E-state index contributed by atoms with van der Waals surface area (Å²) in [6, 6.07) is -0.990. The number of carbonyl (C=O) groups is 3. The van der Waals surface area contributed by atoms with Crippen molar-refractivity contribution in [3.05, 3.63) is 0 Å². The number of hydrogen-bond acceptors (Lipinski definition) is 5. The molecule has 2 N–H and O–H groups in total. The molecule has 2 unspecified atom stereocenters. The van der Waals surface area contributed by atoms with Crippen molar-refractivity contribution in [2.24, 2.45) is 0 Å². The average Bonchev–Trinajstić information content (AvgIpc) is 2.32. The zero-order chi connectivity index (χ0) is 14.8. The Balaban J connectivity index is 4.45. The molecule has 7 heteroatoms. The third-order valence-corrected chi connectivity index (χ3v) is 3.60. The molecule has 110 valence electrons. The van der Waals surface area contributed by atoms with Crippen LogP contribution in [0.1, 0.15) is 33.6 Å². The Morgan fingerprint density at radius 1 is 1.32 bits per heavy atom. The Labute approximate surface area is 117 Å². The van der Waals surface area contributed by atoms with Crippen molar-refractivity contribution in [2.45, 2.75) is 44.9 Å². The van der Waals surface area contributed by atoms with Crippen LogP contribution in [0, 0.1) is 0 Å². The van der Waals surface area contributed by atoms with E-state index in [0.29, 0.717) is 13.0 Å². The third-order valence-electron chi connectivity index (χ3n) is 2.24. The van der Waals surface area contributed by atoms with Gasteiger partial charge in [0.25, 0.3) is 0 Å². The Morgan fingerprint density at radius 2 is 1.95 bits per heavy atom. The summed E-state index contributed by atoms with van der Waals surface area (Å²) < 4.78 is 4.94. The largest absolute Gasteiger partial charge is 0.480 e. The van der Waals surface area contributed by atoms with Gasteiger partial charge < -0.3 is 15.2 Å². The van der Waals surface area contributed by atoms with Crippen LogP contribution in [0.2, 0.25) is 0 Å². The van der Waals surface area contributed by atoms with Crippen molar-refractivity contribution in [3.8, 4) is 0 Å². The Morgan fingerprint density at radius 3 is 2.37 bits per heavy atom. The van der Waals surface area contributed by atoms with Gasteiger partial charge in [-0.1, -0.05) is 13.3 Å². The molecule has 19 heavy (non-hydrogen) atoms. The van der Waals surface area contributed by atoms with Gasteiger partial charge in [0, 0.05) is 12.7 Å². The van der Waals surface area contributed by atoms with Crippen LogP contribution in [0.15, 0.2) is 0 Å². The van der Waals surface area contributed by atoms with E-state index in [1.807, 2.05) is 6.92 Å². The molecule has 0 heterocycles. The molecule has 0 aromatic heterocycles. The number of thioether (sulfide) groups is 1. The summed E-state index contributed by atoms with van der Waals surface area (Å²) >= 11 is 1.20. The van der Waals surface area contributed by atoms with E-state index >= 15 is 0 Å². The van der Waals surface area contributed by atoms with Crippen LogP contribution >= 0.6 is 11.8 Å². The summed E-state index contributed by atoms with van der Waals surface area (Å²) in [5.41, 5.74) is 0. The first-order valence-electron chi connectivity index (χ1n) is 6.20. The van der Waals surface area contributed by atoms with Crippen LogP contribution in [0.4, 0.5) is 0 Å². The zero-order valence-electron chi connectivity index (χ0n) is 11.5. The smallest absolute Gasteiger partial charge is 0.327 e. The number of ether oxygens (including phenoxy) is 1. The molecule has 1 amide bonds. The molecule has 6 nitrogen and oxygen atoms in total. The summed E-state index contributed by atoms with van der Waals surface area (Å²) in [6.45, 7) is 5.22. The van der Waals surface area contributed by atoms with E-state index in [0.717, 1.165) is 6.42 Å². The van der Waals surface area contributed by atoms with Gasteiger partial charge in [-0.05, 0) is 13.3 Å². The van der Waals surface area contributed by atoms with Crippen LogP contribution in [0.5, 0.6) is 0 Å². The number of amides is 1. The Bertz CT molecular complexity index is 321. The van der Waals surface area contributed by atoms with Crippen molar-refractivity contribution in [1.82, 2.24) is 5.32 Å². The Hall–Kier alpha value is -1.24. The second-order valence-electron chi connectivity index (χ2n) is 3.95. The fourth-order valence-electron chi connectivity index (χ4n) is 1.40. The molecule has 0 rings (SSSR count). The number of aliphatic carboxylic acids is 1. The van der Waals surface area contributed by atoms with E-state index in [1.54, 1.807) is 6.92 Å². The topological polar surface area (TPSA) is 92.7 Å². The molecule has 0 aliphatic rings. The van der Waals surface area contributed by atoms with Gasteiger partial charge in [-0.2, -0.15) is 0 Å². The highest BCUT2D eigenvalue weighted by atomic mass is 32.2. The first-order valence-corrected chi connectivity index (χ1v) is 7.25. The molecular formula is C12H21NO5S. The van der Waals surface area contributed by atoms with E-state index in [2.05, 4.69) is 5.32 Å². The van der Waals surface area contributed by atoms with Crippen molar-refractivity contribution in [1.29, 1.82) is 0 Å². The molecule has 0 saturated heterocycles. The van der Waals surface area contributed by atoms with Gasteiger partial charge in [0.1, 0.15) is 11.3 Å². The standard InChI is InChI=1S/C12H21NO5S/c1-4-6-10(12(17)18-5-2)19-7-9(11(15)16)13-8(3)14/h9-10H,4-7H2,1-3H3,(H,13,14)(H,15,16). The fraction of sp³-hybridized carbons (Fsp3) is 0.750. The van der Waals surface area contributed by atoms with Crippen molar-refractivity contribution in [3.63, 3.8) is 0 Å². The molecule has 0 saturated carbocycles. The third kappa shape index (κ3) is 7.71. The highest BCUT2D eigenvalue weighted by Gasteiger charge is 2.24. The number of carbonyl (C=O) groups excluding carboxylic acids is 2. The molecule has 0 aliphatic carbocycles. The highest BCUT2D eigenvalue weighted by Crippen LogP contribution is 2.19. The maximum atomic E-state index is 11.7. The van der Waals surface area contributed by atoms with Crippen LogP contribution in [-0.2, 0) is 19.1 Å². The van der Waals surface area contributed by atoms with Gasteiger partial charge in [-0.15, -0.1) is 11.8 Å². The predicted octanol–water partition coefficient (Wildman–Crippen LogP) is 1.04. The number of carboxylic acids is 1. The first kappa shape index (κ1) is 17.8. The molecule has 0 aromatic rings. The lowest BCUT2D eigenvalue weighted by atomic mass is 10.2. The van der Waals surface area contributed by atoms with Gasteiger partial charge in [-0.3, -0.25) is 9.59 Å². The van der Waals surface area contributed by atoms with E-state index < -0.39 is 17.9 Å². The number of rotatable bonds is 9. The van der Waals surface area contributed by atoms with Gasteiger partial charge in [-0.25, -0.2) is 4.79 Å². The van der Waals surface area contributed by atoms with Gasteiger partial charge in [0.05, 0.1) is 6.61 Å². The van der Waals surface area contributed by atoms with Crippen LogP contribution in [-0.4, -0.2) is 46.6 Å². The van der Waals surface area contributed by atoms with E-state index in [-0.39, 0.29) is 17.0 Å². The predicted molar refractivity (Wildman–Crippen MR) is 73.0 cm³/mol. The second kappa shape index (κ2) is 9.66. The van der Waals surface area contributed by atoms with Crippen molar-refractivity contribution < 1.29 is 24.2 Å². The summed E-state index contributed by atoms with van der Waals surface area (Å²) in [4.78, 5) is 33.5. The number of carboxylic acid groups (broad SMARTS) is 1. The lowest BCUT2D eigenvalue weighted by Crippen LogP contribution is -2.42. The van der Waals surface area contributed by atoms with E-state index in [4.69, 9.17) is 9.84 Å². The quantitative estimate of drug-likeness (QED) is 0.617. The van der Waals surface area contributed by atoms with Crippen molar-refractivity contribution in [2.75, 3.05) is 12.4 Å². The number of esters is 1. The minimum absolute atomic E-state index is 0.137. The van der Waals surface area contributed by atoms with E-state index in [1.165, 1.54) is 18.7 Å². The number of nitrogens with one attached hydrogen (secondary N) is 1. The molecule has 0 fully saturated rings. The molecule has 0 bridgehead atoms. The Kier molecular flexibility index (Phi) is 9.03. The fourth-order valence-corrected chi connectivity index (χ4v) is 2.66. The molecule has 0 radical (unpaired) electrons. The highest BCUT2D eigenvalue weighted by molar-refractivity contribution is 8.00. The lowest BCUT2D eigenvalue weighted by Gasteiger charge is -2.17. The van der Waals surface area contributed by atoms with Crippen LogP contribution in [0.3, 0.4) is 0 Å². The summed E-state index contributed by atoms with van der Waals surface area (Å²) in [6.07, 6.45) is 1.42. The molecule has 0 aromatic carbocycles. The van der Waals surface area contributed by atoms with Gasteiger partial charge >= 0.3 is 11.9 Å². The van der Waals surface area contributed by atoms with Crippen molar-refractivity contribution >= 4 is 29.6 Å². The SMILES string of the molecule is CCCC(SCC(NC(C)=O)C(=O)O)C(=O)OCC. The minimum Gasteiger partial charge on any atom is -0.480 e.